The van der Waals surface area contributed by atoms with E-state index < -0.39 is 0 Å². The van der Waals surface area contributed by atoms with Crippen molar-refractivity contribution < 1.29 is 14.0 Å². The molecule has 1 aliphatic carbocycles. The van der Waals surface area contributed by atoms with E-state index in [1.807, 2.05) is 12.1 Å². The van der Waals surface area contributed by atoms with Gasteiger partial charge in [-0.25, -0.2) is 4.98 Å². The zero-order valence-electron chi connectivity index (χ0n) is 13.9. The van der Waals surface area contributed by atoms with Crippen molar-refractivity contribution in [1.82, 2.24) is 15.6 Å². The minimum Gasteiger partial charge on any atom is -0.451 e. The zero-order chi connectivity index (χ0) is 17.6. The minimum atomic E-state index is -0.233. The Balaban J connectivity index is 1.45. The predicted octanol–water partition coefficient (Wildman–Crippen LogP) is 2.65. The fraction of sp³-hybridized carbons (Fsp3) is 0.316. The van der Waals surface area contributed by atoms with Gasteiger partial charge in [0.1, 0.15) is 6.26 Å². The molecule has 3 rings (SSSR count). The highest BCUT2D eigenvalue weighted by atomic mass is 16.3. The molecule has 2 unspecified atom stereocenters. The second-order valence-corrected chi connectivity index (χ2v) is 6.26. The van der Waals surface area contributed by atoms with Crippen LogP contribution in [0.5, 0.6) is 0 Å². The molecule has 130 valence electrons. The first-order chi connectivity index (χ1) is 12.2. The Bertz CT molecular complexity index is 738. The monoisotopic (exact) mass is 339 g/mol. The second-order valence-electron chi connectivity index (χ2n) is 6.26. The average molecular weight is 339 g/mol. The number of oxazole rings is 1. The van der Waals surface area contributed by atoms with Gasteiger partial charge in [0.25, 0.3) is 11.8 Å². The third kappa shape index (κ3) is 4.35. The van der Waals surface area contributed by atoms with E-state index in [0.29, 0.717) is 18.0 Å². The maximum atomic E-state index is 12.3. The second kappa shape index (κ2) is 7.79. The topological polar surface area (TPSA) is 84.2 Å². The first-order valence-electron chi connectivity index (χ1n) is 8.35. The van der Waals surface area contributed by atoms with Gasteiger partial charge in [-0.15, -0.1) is 0 Å². The summed E-state index contributed by atoms with van der Waals surface area (Å²) >= 11 is 0. The molecular weight excluding hydrogens is 318 g/mol. The van der Waals surface area contributed by atoms with Crippen LogP contribution in [0, 0.1) is 5.92 Å². The van der Waals surface area contributed by atoms with Crippen LogP contribution >= 0.6 is 0 Å². The molecule has 1 aromatic carbocycles. The van der Waals surface area contributed by atoms with Gasteiger partial charge in [0, 0.05) is 18.2 Å². The number of aromatic nitrogens is 1. The summed E-state index contributed by atoms with van der Waals surface area (Å²) < 4.78 is 4.80. The quantitative estimate of drug-likeness (QED) is 0.847. The minimum absolute atomic E-state index is 0.0621. The fourth-order valence-corrected chi connectivity index (χ4v) is 3.08. The molecule has 2 aromatic rings. The van der Waals surface area contributed by atoms with Crippen LogP contribution in [0.1, 0.15) is 45.7 Å². The molecule has 1 saturated carbocycles. The van der Waals surface area contributed by atoms with E-state index in [1.54, 1.807) is 18.2 Å². The molecule has 1 fully saturated rings. The summed E-state index contributed by atoms with van der Waals surface area (Å²) in [6, 6.07) is 7.49. The summed E-state index contributed by atoms with van der Waals surface area (Å²) in [7, 11) is 0. The van der Waals surface area contributed by atoms with Crippen molar-refractivity contribution in [3.05, 3.63) is 60.3 Å². The summed E-state index contributed by atoms with van der Waals surface area (Å²) in [5, 5.41) is 5.93. The van der Waals surface area contributed by atoms with E-state index in [0.717, 1.165) is 24.8 Å². The van der Waals surface area contributed by atoms with Crippen LogP contribution in [-0.2, 0) is 0 Å². The summed E-state index contributed by atoms with van der Waals surface area (Å²) in [5.41, 5.74) is 1.92. The Morgan fingerprint density at radius 3 is 2.72 bits per heavy atom. The predicted molar refractivity (Wildman–Crippen MR) is 94.0 cm³/mol. The van der Waals surface area contributed by atoms with Crippen LogP contribution in [0.4, 0.5) is 0 Å². The molecule has 6 nitrogen and oxygen atoms in total. The van der Waals surface area contributed by atoms with E-state index in [2.05, 4.69) is 22.2 Å². The number of nitrogens with zero attached hydrogens (tertiary/aromatic N) is 1. The molecule has 2 atom stereocenters. The van der Waals surface area contributed by atoms with Gasteiger partial charge in [-0.2, -0.15) is 0 Å². The molecule has 0 aliphatic heterocycles. The van der Waals surface area contributed by atoms with Crippen LogP contribution in [-0.4, -0.2) is 29.4 Å². The number of amides is 2. The molecule has 2 N–H and O–H groups in total. The SMILES string of the molecule is C=Cc1ccc(C(=O)NC2CCC(CNC(=O)c3cocn3)C2)cc1. The molecular formula is C19H21N3O3. The summed E-state index contributed by atoms with van der Waals surface area (Å²) in [6.07, 6.45) is 7.05. The standard InChI is InChI=1S/C19H21N3O3/c1-2-13-3-6-15(7-4-13)18(23)22-16-8-5-14(9-16)10-20-19(24)17-11-25-12-21-17/h2-4,6-7,11-12,14,16H,1,5,8-10H2,(H,20,24)(H,22,23). The van der Waals surface area contributed by atoms with E-state index in [4.69, 9.17) is 4.42 Å². The van der Waals surface area contributed by atoms with Crippen molar-refractivity contribution in [2.45, 2.75) is 25.3 Å². The van der Waals surface area contributed by atoms with Crippen molar-refractivity contribution >= 4 is 17.9 Å². The number of hydrogen-bond acceptors (Lipinski definition) is 4. The number of hydrogen-bond donors (Lipinski definition) is 2. The van der Waals surface area contributed by atoms with Crippen molar-refractivity contribution in [1.29, 1.82) is 0 Å². The average Bonchev–Trinajstić information content (AvgIpc) is 3.32. The maximum Gasteiger partial charge on any atom is 0.273 e. The number of rotatable bonds is 6. The smallest absolute Gasteiger partial charge is 0.273 e. The molecule has 0 bridgehead atoms. The van der Waals surface area contributed by atoms with E-state index in [-0.39, 0.29) is 23.6 Å². The molecule has 1 aliphatic rings. The molecule has 0 radical (unpaired) electrons. The lowest BCUT2D eigenvalue weighted by Gasteiger charge is -2.14. The lowest BCUT2D eigenvalue weighted by molar-refractivity contribution is 0.0925. The number of nitrogens with one attached hydrogen (secondary N) is 2. The molecule has 25 heavy (non-hydrogen) atoms. The van der Waals surface area contributed by atoms with Gasteiger partial charge >= 0.3 is 0 Å². The van der Waals surface area contributed by atoms with Crippen molar-refractivity contribution in [3.63, 3.8) is 0 Å². The van der Waals surface area contributed by atoms with Gasteiger partial charge < -0.3 is 15.1 Å². The number of benzene rings is 1. The van der Waals surface area contributed by atoms with E-state index in [9.17, 15) is 9.59 Å². The normalized spacial score (nSPS) is 19.4. The van der Waals surface area contributed by atoms with Gasteiger partial charge in [0.2, 0.25) is 0 Å². The molecule has 0 saturated heterocycles. The van der Waals surface area contributed by atoms with Gasteiger partial charge in [0.05, 0.1) is 0 Å². The number of carbonyl (C=O) groups is 2. The van der Waals surface area contributed by atoms with Crippen LogP contribution in [0.2, 0.25) is 0 Å². The van der Waals surface area contributed by atoms with E-state index >= 15 is 0 Å². The third-order valence-electron chi connectivity index (χ3n) is 4.50. The highest BCUT2D eigenvalue weighted by molar-refractivity contribution is 5.94. The molecule has 6 heteroatoms. The van der Waals surface area contributed by atoms with Crippen LogP contribution in [0.15, 0.2) is 47.9 Å². The zero-order valence-corrected chi connectivity index (χ0v) is 13.9. The van der Waals surface area contributed by atoms with Gasteiger partial charge in [-0.05, 0) is 42.9 Å². The first-order valence-corrected chi connectivity index (χ1v) is 8.35. The lowest BCUT2D eigenvalue weighted by atomic mass is 10.1. The highest BCUT2D eigenvalue weighted by Gasteiger charge is 2.26. The summed E-state index contributed by atoms with van der Waals surface area (Å²) in [4.78, 5) is 28.0. The first kappa shape index (κ1) is 17.0. The molecule has 2 amide bonds. The van der Waals surface area contributed by atoms with Crippen molar-refractivity contribution in [2.75, 3.05) is 6.54 Å². The fourth-order valence-electron chi connectivity index (χ4n) is 3.08. The Morgan fingerprint density at radius 2 is 2.04 bits per heavy atom. The maximum absolute atomic E-state index is 12.3. The molecule has 1 aromatic heterocycles. The Labute approximate surface area is 146 Å². The summed E-state index contributed by atoms with van der Waals surface area (Å²) in [6.45, 7) is 4.28. The van der Waals surface area contributed by atoms with Gasteiger partial charge in [0.15, 0.2) is 12.1 Å². The van der Waals surface area contributed by atoms with Crippen LogP contribution in [0.25, 0.3) is 6.08 Å². The van der Waals surface area contributed by atoms with Crippen LogP contribution < -0.4 is 10.6 Å². The molecule has 1 heterocycles. The van der Waals surface area contributed by atoms with Gasteiger partial charge in [-0.3, -0.25) is 9.59 Å². The van der Waals surface area contributed by atoms with Crippen molar-refractivity contribution in [2.24, 2.45) is 5.92 Å². The number of carbonyl (C=O) groups excluding carboxylic acids is 2. The third-order valence-corrected chi connectivity index (χ3v) is 4.50. The van der Waals surface area contributed by atoms with Crippen molar-refractivity contribution in [3.8, 4) is 0 Å². The Hall–Kier alpha value is -2.89. The molecule has 0 spiro atoms. The summed E-state index contributed by atoms with van der Waals surface area (Å²) in [5.74, 6) is 0.0562. The van der Waals surface area contributed by atoms with Gasteiger partial charge in [-0.1, -0.05) is 24.8 Å². The largest absolute Gasteiger partial charge is 0.451 e. The Kier molecular flexibility index (Phi) is 5.28. The van der Waals surface area contributed by atoms with E-state index in [1.165, 1.54) is 12.7 Å². The Morgan fingerprint density at radius 1 is 1.24 bits per heavy atom. The van der Waals surface area contributed by atoms with Crippen LogP contribution in [0.3, 0.4) is 0 Å². The highest BCUT2D eigenvalue weighted by Crippen LogP contribution is 2.25. The lowest BCUT2D eigenvalue weighted by Crippen LogP contribution is -2.34.